The number of piperazine rings is 1. The normalized spacial score (nSPS) is 13.2. The van der Waals surface area contributed by atoms with Crippen LogP contribution in [-0.4, -0.2) is 39.4 Å². The minimum atomic E-state index is -0.556. The van der Waals surface area contributed by atoms with E-state index in [1.165, 1.54) is 0 Å². The Morgan fingerprint density at radius 2 is 1.43 bits per heavy atom. The number of nitrogens with one attached hydrogen (secondary N) is 3. The molecule has 0 aromatic heterocycles. The van der Waals surface area contributed by atoms with Gasteiger partial charge in [0.15, 0.2) is 0 Å². The van der Waals surface area contributed by atoms with Gasteiger partial charge in [-0.25, -0.2) is 4.79 Å². The molecule has 3 aromatic carbocycles. The number of para-hydroxylation sites is 1. The third-order valence-corrected chi connectivity index (χ3v) is 4.22. The molecule has 1 saturated heterocycles. The van der Waals surface area contributed by atoms with Crippen LogP contribution in [0.4, 0.5) is 10.5 Å². The predicted molar refractivity (Wildman–Crippen MR) is 112 cm³/mol. The fourth-order valence-electron chi connectivity index (χ4n) is 2.82. The second-order valence-electron chi connectivity index (χ2n) is 6.23. The van der Waals surface area contributed by atoms with E-state index in [0.29, 0.717) is 17.2 Å². The van der Waals surface area contributed by atoms with Crippen molar-refractivity contribution in [1.29, 1.82) is 0 Å². The molecule has 0 atom stereocenters. The van der Waals surface area contributed by atoms with Gasteiger partial charge in [-0.2, -0.15) is 0 Å². The molecule has 1 heterocycles. The Balaban J connectivity index is 0.000000320. The molecule has 0 radical (unpaired) electrons. The highest BCUT2D eigenvalue weighted by Gasteiger charge is 2.10. The van der Waals surface area contributed by atoms with Gasteiger partial charge < -0.3 is 20.1 Å². The molecule has 1 aliphatic heterocycles. The number of hydrogen-bond acceptors (Lipinski definition) is 5. The molecule has 0 saturated carbocycles. The second-order valence-corrected chi connectivity index (χ2v) is 6.23. The Hall–Kier alpha value is -3.09. The van der Waals surface area contributed by atoms with Gasteiger partial charge in [0.05, 0.1) is 12.8 Å². The first-order valence-electron chi connectivity index (χ1n) is 9.28. The molecular weight excluding hydrogens is 354 g/mol. The maximum Gasteiger partial charge on any atom is 0.417 e. The van der Waals surface area contributed by atoms with Crippen LogP contribution in [0.3, 0.4) is 0 Å². The van der Waals surface area contributed by atoms with Gasteiger partial charge in [-0.3, -0.25) is 5.32 Å². The lowest BCUT2D eigenvalue weighted by Crippen LogP contribution is -2.39. The Bertz CT molecular complexity index is 884. The molecule has 6 nitrogen and oxygen atoms in total. The number of ether oxygens (including phenoxy) is 2. The maximum absolute atomic E-state index is 12.0. The summed E-state index contributed by atoms with van der Waals surface area (Å²) >= 11 is 0. The first kappa shape index (κ1) is 19.7. The van der Waals surface area contributed by atoms with E-state index in [0.717, 1.165) is 37.0 Å². The highest BCUT2D eigenvalue weighted by Crippen LogP contribution is 2.30. The molecule has 1 aliphatic rings. The van der Waals surface area contributed by atoms with Crippen LogP contribution in [0.2, 0.25) is 0 Å². The third-order valence-electron chi connectivity index (χ3n) is 4.22. The number of fused-ring (bicyclic) bond motifs is 1. The molecule has 3 aromatic rings. The minimum absolute atomic E-state index is 0.486. The summed E-state index contributed by atoms with van der Waals surface area (Å²) in [5.74, 6) is 1.07. The zero-order valence-electron chi connectivity index (χ0n) is 15.9. The molecule has 0 spiro atoms. The summed E-state index contributed by atoms with van der Waals surface area (Å²) in [6, 6.07) is 20.5. The Labute approximate surface area is 164 Å². The summed E-state index contributed by atoms with van der Waals surface area (Å²) < 4.78 is 10.6. The van der Waals surface area contributed by atoms with Gasteiger partial charge in [-0.1, -0.05) is 42.5 Å². The van der Waals surface area contributed by atoms with Crippen LogP contribution in [0.1, 0.15) is 0 Å². The van der Waals surface area contributed by atoms with Crippen molar-refractivity contribution in [2.24, 2.45) is 0 Å². The number of benzene rings is 3. The molecule has 146 valence electrons. The first-order chi connectivity index (χ1) is 13.8. The van der Waals surface area contributed by atoms with Gasteiger partial charge in [0.2, 0.25) is 0 Å². The lowest BCUT2D eigenvalue weighted by molar-refractivity contribution is 0.215. The van der Waals surface area contributed by atoms with Crippen molar-refractivity contribution < 1.29 is 14.3 Å². The fraction of sp³-hybridized carbons (Fsp3) is 0.227. The van der Waals surface area contributed by atoms with Crippen LogP contribution in [0, 0.1) is 0 Å². The quantitative estimate of drug-likeness (QED) is 0.648. The Morgan fingerprint density at radius 3 is 2.00 bits per heavy atom. The Kier molecular flexibility index (Phi) is 7.23. The van der Waals surface area contributed by atoms with Crippen molar-refractivity contribution in [3.63, 3.8) is 0 Å². The second kappa shape index (κ2) is 10.3. The largest absolute Gasteiger partial charge is 0.495 e. The Morgan fingerprint density at radius 1 is 0.857 bits per heavy atom. The number of methoxy groups -OCH3 is 1. The van der Waals surface area contributed by atoms with E-state index >= 15 is 0 Å². The van der Waals surface area contributed by atoms with Crippen molar-refractivity contribution in [1.82, 2.24) is 10.6 Å². The van der Waals surface area contributed by atoms with E-state index in [-0.39, 0.29) is 0 Å². The highest BCUT2D eigenvalue weighted by molar-refractivity contribution is 5.94. The molecule has 6 heteroatoms. The van der Waals surface area contributed by atoms with Crippen molar-refractivity contribution in [3.05, 3.63) is 66.7 Å². The number of carbonyl (C=O) groups excluding carboxylic acids is 1. The van der Waals surface area contributed by atoms with Crippen LogP contribution in [0.5, 0.6) is 11.5 Å². The standard InChI is InChI=1S/C18H15NO3.C4H10N2/c1-21-17-12-14-8-6-5-7-13(14)11-16(17)19-18(20)22-15-9-3-2-4-10-15;1-2-6-4-3-5-1/h2-12H,1H3,(H,19,20);5-6H,1-4H2. The topological polar surface area (TPSA) is 71.6 Å². The van der Waals surface area contributed by atoms with E-state index in [1.807, 2.05) is 42.5 Å². The lowest BCUT2D eigenvalue weighted by Gasteiger charge is -2.12. The zero-order chi connectivity index (χ0) is 19.6. The highest BCUT2D eigenvalue weighted by atomic mass is 16.6. The molecule has 1 fully saturated rings. The van der Waals surface area contributed by atoms with Crippen LogP contribution in [0.25, 0.3) is 10.8 Å². The van der Waals surface area contributed by atoms with E-state index in [9.17, 15) is 4.79 Å². The van der Waals surface area contributed by atoms with Gasteiger partial charge in [-0.05, 0) is 35.0 Å². The van der Waals surface area contributed by atoms with Crippen LogP contribution in [0.15, 0.2) is 66.7 Å². The number of hydrogen-bond donors (Lipinski definition) is 3. The zero-order valence-corrected chi connectivity index (χ0v) is 15.9. The lowest BCUT2D eigenvalue weighted by atomic mass is 10.1. The smallest absolute Gasteiger partial charge is 0.417 e. The van der Waals surface area contributed by atoms with Crippen molar-refractivity contribution in [2.45, 2.75) is 0 Å². The van der Waals surface area contributed by atoms with Crippen LogP contribution in [-0.2, 0) is 0 Å². The fourth-order valence-corrected chi connectivity index (χ4v) is 2.82. The van der Waals surface area contributed by atoms with E-state index in [2.05, 4.69) is 16.0 Å². The average Bonchev–Trinajstić information content (AvgIpc) is 2.75. The predicted octanol–water partition coefficient (Wildman–Crippen LogP) is 3.64. The first-order valence-corrected chi connectivity index (χ1v) is 9.28. The summed E-state index contributed by atoms with van der Waals surface area (Å²) in [6.45, 7) is 4.56. The van der Waals surface area contributed by atoms with E-state index in [4.69, 9.17) is 9.47 Å². The molecule has 28 heavy (non-hydrogen) atoms. The van der Waals surface area contributed by atoms with Crippen LogP contribution < -0.4 is 25.4 Å². The average molecular weight is 379 g/mol. The molecule has 0 unspecified atom stereocenters. The monoisotopic (exact) mass is 379 g/mol. The van der Waals surface area contributed by atoms with E-state index in [1.54, 1.807) is 31.4 Å². The SMILES string of the molecule is C1CNCCN1.COc1cc2ccccc2cc1NC(=O)Oc1ccccc1. The van der Waals surface area contributed by atoms with Gasteiger partial charge in [0.25, 0.3) is 0 Å². The third kappa shape index (κ3) is 5.70. The number of carbonyl (C=O) groups is 1. The number of anilines is 1. The van der Waals surface area contributed by atoms with Gasteiger partial charge in [0.1, 0.15) is 11.5 Å². The van der Waals surface area contributed by atoms with Crippen molar-refractivity contribution >= 4 is 22.6 Å². The van der Waals surface area contributed by atoms with Gasteiger partial charge >= 0.3 is 6.09 Å². The van der Waals surface area contributed by atoms with Gasteiger partial charge in [0, 0.05) is 26.2 Å². The number of rotatable bonds is 3. The van der Waals surface area contributed by atoms with E-state index < -0.39 is 6.09 Å². The maximum atomic E-state index is 12.0. The molecule has 0 bridgehead atoms. The van der Waals surface area contributed by atoms with Crippen molar-refractivity contribution in [3.8, 4) is 11.5 Å². The summed E-state index contributed by atoms with van der Waals surface area (Å²) in [5.41, 5.74) is 0.571. The molecular formula is C22H25N3O3. The van der Waals surface area contributed by atoms with Crippen molar-refractivity contribution in [2.75, 3.05) is 38.6 Å². The number of amides is 1. The molecule has 4 rings (SSSR count). The summed E-state index contributed by atoms with van der Waals surface area (Å²) in [5, 5.41) is 11.2. The van der Waals surface area contributed by atoms with Crippen LogP contribution >= 0.6 is 0 Å². The minimum Gasteiger partial charge on any atom is -0.495 e. The molecule has 1 amide bonds. The summed E-state index contributed by atoms with van der Waals surface area (Å²) in [6.07, 6.45) is -0.556. The van der Waals surface area contributed by atoms with Gasteiger partial charge in [-0.15, -0.1) is 0 Å². The molecule has 3 N–H and O–H groups in total. The molecule has 0 aliphatic carbocycles. The summed E-state index contributed by atoms with van der Waals surface area (Å²) in [4.78, 5) is 12.0. The summed E-state index contributed by atoms with van der Waals surface area (Å²) in [7, 11) is 1.57.